The Kier molecular flexibility index (Phi) is 3.86. The highest BCUT2D eigenvalue weighted by atomic mass is 79.9. The first-order valence-electron chi connectivity index (χ1n) is 5.68. The van der Waals surface area contributed by atoms with Crippen molar-refractivity contribution in [1.82, 2.24) is 5.32 Å². The maximum atomic E-state index is 11.5. The average molecular weight is 337 g/mol. The molecule has 1 aromatic rings. The summed E-state index contributed by atoms with van der Waals surface area (Å²) in [7, 11) is 0. The van der Waals surface area contributed by atoms with Crippen LogP contribution in [0.25, 0.3) is 0 Å². The van der Waals surface area contributed by atoms with Crippen molar-refractivity contribution < 1.29 is 4.79 Å². The van der Waals surface area contributed by atoms with Crippen LogP contribution in [0.3, 0.4) is 0 Å². The molecule has 0 bridgehead atoms. The Balaban J connectivity index is 2.22. The predicted molar refractivity (Wildman–Crippen MR) is 75.7 cm³/mol. The summed E-state index contributed by atoms with van der Waals surface area (Å²) in [6.45, 7) is 4.33. The van der Waals surface area contributed by atoms with E-state index in [2.05, 4.69) is 41.2 Å². The zero-order valence-electron chi connectivity index (χ0n) is 9.85. The fraction of sp³-hybridized carbons (Fsp3) is 0.583. The number of rotatable bonds is 3. The summed E-state index contributed by atoms with van der Waals surface area (Å²) in [5, 5.41) is 3.15. The summed E-state index contributed by atoms with van der Waals surface area (Å²) < 4.78 is 1.73. The van der Waals surface area contributed by atoms with E-state index in [0.29, 0.717) is 12.3 Å². The molecular formula is C12H15BrClNOS. The average Bonchev–Trinajstić information content (AvgIpc) is 2.73. The predicted octanol–water partition coefficient (Wildman–Crippen LogP) is 4.01. The molecule has 1 atom stereocenters. The lowest BCUT2D eigenvalue weighted by Crippen LogP contribution is -2.47. The lowest BCUT2D eigenvalue weighted by atomic mass is 9.81. The number of nitrogens with one attached hydrogen (secondary N) is 1. The molecule has 1 aliphatic rings. The van der Waals surface area contributed by atoms with Gasteiger partial charge in [-0.25, -0.2) is 0 Å². The smallest absolute Gasteiger partial charge is 0.220 e. The Morgan fingerprint density at radius 2 is 2.35 bits per heavy atom. The maximum absolute atomic E-state index is 11.5. The SMILES string of the molecule is CC(C)C1(Cc2cc(Br)c(Cl)s2)CCC(=O)N1. The lowest BCUT2D eigenvalue weighted by molar-refractivity contribution is -0.120. The number of hydrogen-bond acceptors (Lipinski definition) is 2. The maximum Gasteiger partial charge on any atom is 0.220 e. The standard InChI is InChI=1S/C12H15BrClNOS/c1-7(2)12(4-3-10(16)15-12)6-8-5-9(13)11(14)17-8/h5,7H,3-4,6H2,1-2H3,(H,15,16). The first-order valence-corrected chi connectivity index (χ1v) is 7.66. The molecule has 0 aliphatic carbocycles. The van der Waals surface area contributed by atoms with Crippen LogP contribution in [-0.2, 0) is 11.2 Å². The van der Waals surface area contributed by atoms with Crippen LogP contribution < -0.4 is 5.32 Å². The molecule has 1 aromatic heterocycles. The van der Waals surface area contributed by atoms with Gasteiger partial charge in [-0.15, -0.1) is 11.3 Å². The van der Waals surface area contributed by atoms with E-state index in [4.69, 9.17) is 11.6 Å². The summed E-state index contributed by atoms with van der Waals surface area (Å²) in [4.78, 5) is 12.7. The van der Waals surface area contributed by atoms with E-state index < -0.39 is 0 Å². The van der Waals surface area contributed by atoms with Gasteiger partial charge in [0.2, 0.25) is 5.91 Å². The molecule has 2 rings (SSSR count). The first-order chi connectivity index (χ1) is 7.93. The van der Waals surface area contributed by atoms with Crippen LogP contribution in [0.4, 0.5) is 0 Å². The molecule has 0 saturated carbocycles. The zero-order chi connectivity index (χ0) is 12.6. The molecule has 1 fully saturated rings. The third-order valence-corrected chi connectivity index (χ3v) is 5.95. The van der Waals surface area contributed by atoms with Gasteiger partial charge >= 0.3 is 0 Å². The van der Waals surface area contributed by atoms with Crippen molar-refractivity contribution in [2.45, 2.75) is 38.6 Å². The molecular weight excluding hydrogens is 322 g/mol. The fourth-order valence-electron chi connectivity index (χ4n) is 2.30. The van der Waals surface area contributed by atoms with Crippen LogP contribution in [0.15, 0.2) is 10.5 Å². The highest BCUT2D eigenvalue weighted by Gasteiger charge is 2.40. The Labute approximate surface area is 119 Å². The van der Waals surface area contributed by atoms with Crippen molar-refractivity contribution in [3.63, 3.8) is 0 Å². The first kappa shape index (κ1) is 13.4. The third-order valence-electron chi connectivity index (χ3n) is 3.48. The van der Waals surface area contributed by atoms with E-state index in [1.807, 2.05) is 0 Å². The Hall–Kier alpha value is -0.0600. The minimum atomic E-state index is -0.0926. The lowest BCUT2D eigenvalue weighted by Gasteiger charge is -2.33. The quantitative estimate of drug-likeness (QED) is 0.887. The number of carbonyl (C=O) groups excluding carboxylic acids is 1. The minimum absolute atomic E-state index is 0.0926. The van der Waals surface area contributed by atoms with Gasteiger partial charge in [-0.1, -0.05) is 25.4 Å². The second-order valence-corrected chi connectivity index (χ2v) is 7.46. The molecule has 0 aromatic carbocycles. The molecule has 1 N–H and O–H groups in total. The van der Waals surface area contributed by atoms with Gasteiger partial charge in [0.1, 0.15) is 4.34 Å². The molecule has 2 nitrogen and oxygen atoms in total. The molecule has 2 heterocycles. The largest absolute Gasteiger partial charge is 0.350 e. The zero-order valence-corrected chi connectivity index (χ0v) is 13.0. The van der Waals surface area contributed by atoms with Gasteiger partial charge < -0.3 is 5.32 Å². The normalized spacial score (nSPS) is 24.4. The second kappa shape index (κ2) is 4.90. The molecule has 5 heteroatoms. The van der Waals surface area contributed by atoms with Crippen molar-refractivity contribution in [3.05, 3.63) is 19.8 Å². The number of amides is 1. The molecule has 0 spiro atoms. The Morgan fingerprint density at radius 1 is 1.65 bits per heavy atom. The number of thiophene rings is 1. The van der Waals surface area contributed by atoms with Gasteiger partial charge in [0, 0.05) is 27.7 Å². The van der Waals surface area contributed by atoms with Crippen LogP contribution in [0.1, 0.15) is 31.6 Å². The van der Waals surface area contributed by atoms with Gasteiger partial charge in [0.15, 0.2) is 0 Å². The van der Waals surface area contributed by atoms with Crippen molar-refractivity contribution >= 4 is 44.8 Å². The highest BCUT2D eigenvalue weighted by Crippen LogP contribution is 2.38. The molecule has 1 saturated heterocycles. The monoisotopic (exact) mass is 335 g/mol. The molecule has 1 aliphatic heterocycles. The van der Waals surface area contributed by atoms with E-state index in [-0.39, 0.29) is 11.4 Å². The summed E-state index contributed by atoms with van der Waals surface area (Å²) in [6.07, 6.45) is 2.42. The van der Waals surface area contributed by atoms with Crippen LogP contribution >= 0.6 is 38.9 Å². The number of halogens is 2. The van der Waals surface area contributed by atoms with Gasteiger partial charge in [-0.05, 0) is 34.3 Å². The van der Waals surface area contributed by atoms with E-state index >= 15 is 0 Å². The highest BCUT2D eigenvalue weighted by molar-refractivity contribution is 9.10. The van der Waals surface area contributed by atoms with Crippen LogP contribution in [0.2, 0.25) is 4.34 Å². The van der Waals surface area contributed by atoms with Gasteiger partial charge in [0.25, 0.3) is 0 Å². The molecule has 94 valence electrons. The van der Waals surface area contributed by atoms with Gasteiger partial charge in [-0.3, -0.25) is 4.79 Å². The molecule has 1 amide bonds. The number of carbonyl (C=O) groups is 1. The van der Waals surface area contributed by atoms with Crippen LogP contribution in [-0.4, -0.2) is 11.4 Å². The van der Waals surface area contributed by atoms with Crippen LogP contribution in [0, 0.1) is 5.92 Å². The van der Waals surface area contributed by atoms with Crippen molar-refractivity contribution in [3.8, 4) is 0 Å². The molecule has 17 heavy (non-hydrogen) atoms. The Bertz CT molecular complexity index is 426. The summed E-state index contributed by atoms with van der Waals surface area (Å²) in [5.41, 5.74) is -0.0926. The molecule has 0 radical (unpaired) electrons. The fourth-order valence-corrected chi connectivity index (χ4v) is 4.21. The van der Waals surface area contributed by atoms with Gasteiger partial charge in [-0.2, -0.15) is 0 Å². The van der Waals surface area contributed by atoms with E-state index in [1.54, 1.807) is 11.3 Å². The van der Waals surface area contributed by atoms with Gasteiger partial charge in [0.05, 0.1) is 0 Å². The summed E-state index contributed by atoms with van der Waals surface area (Å²) in [6, 6.07) is 2.06. The van der Waals surface area contributed by atoms with Crippen molar-refractivity contribution in [1.29, 1.82) is 0 Å². The van der Waals surface area contributed by atoms with Crippen molar-refractivity contribution in [2.24, 2.45) is 5.92 Å². The minimum Gasteiger partial charge on any atom is -0.350 e. The number of hydrogen-bond donors (Lipinski definition) is 1. The van der Waals surface area contributed by atoms with E-state index in [1.165, 1.54) is 4.88 Å². The molecule has 1 unspecified atom stereocenters. The third kappa shape index (κ3) is 2.69. The summed E-state index contributed by atoms with van der Waals surface area (Å²) >= 11 is 11.1. The topological polar surface area (TPSA) is 29.1 Å². The van der Waals surface area contributed by atoms with Crippen molar-refractivity contribution in [2.75, 3.05) is 0 Å². The van der Waals surface area contributed by atoms with E-state index in [9.17, 15) is 4.79 Å². The summed E-state index contributed by atoms with van der Waals surface area (Å²) in [5.74, 6) is 0.592. The second-order valence-electron chi connectivity index (χ2n) is 4.87. The van der Waals surface area contributed by atoms with E-state index in [0.717, 1.165) is 21.7 Å². The van der Waals surface area contributed by atoms with Crippen LogP contribution in [0.5, 0.6) is 0 Å². The Morgan fingerprint density at radius 3 is 2.76 bits per heavy atom.